The Hall–Kier alpha value is -2.76. The Morgan fingerprint density at radius 2 is 2.30 bits per heavy atom. The maximum atomic E-state index is 12.2. The summed E-state index contributed by atoms with van der Waals surface area (Å²) in [4.78, 5) is 15.2. The molecule has 2 heterocycles. The molecule has 3 rings (SSSR count). The summed E-state index contributed by atoms with van der Waals surface area (Å²) in [7, 11) is 0. The standard InChI is InChI=1S/C14H14N4O2/c1-8-4-10(18-20-8)6-17-14(19)12-7-16-13-5-9(15)2-3-11(12)13/h2-5,7,16H,6,15H2,1H3,(H,17,19). The number of anilines is 1. The number of hydrogen-bond acceptors (Lipinski definition) is 4. The van der Waals surface area contributed by atoms with Gasteiger partial charge in [0.15, 0.2) is 0 Å². The molecular formula is C14H14N4O2. The summed E-state index contributed by atoms with van der Waals surface area (Å²) >= 11 is 0. The smallest absolute Gasteiger partial charge is 0.253 e. The van der Waals surface area contributed by atoms with Crippen LogP contribution in [0.15, 0.2) is 35.0 Å². The SMILES string of the molecule is Cc1cc(CNC(=O)c2c[nH]c3cc(N)ccc23)no1. The molecule has 4 N–H and O–H groups in total. The van der Waals surface area contributed by atoms with Gasteiger partial charge in [0.25, 0.3) is 5.91 Å². The van der Waals surface area contributed by atoms with Gasteiger partial charge in [-0.15, -0.1) is 0 Å². The summed E-state index contributed by atoms with van der Waals surface area (Å²) in [5.41, 5.74) is 8.48. The second kappa shape index (κ2) is 4.73. The first-order valence-corrected chi connectivity index (χ1v) is 6.20. The van der Waals surface area contributed by atoms with Crippen LogP contribution in [0.3, 0.4) is 0 Å². The van der Waals surface area contributed by atoms with E-state index in [9.17, 15) is 4.79 Å². The lowest BCUT2D eigenvalue weighted by atomic mass is 10.1. The lowest BCUT2D eigenvalue weighted by molar-refractivity contribution is 0.0952. The molecule has 0 aliphatic heterocycles. The fourth-order valence-electron chi connectivity index (χ4n) is 2.10. The molecule has 6 nitrogen and oxygen atoms in total. The number of benzene rings is 1. The molecule has 6 heteroatoms. The van der Waals surface area contributed by atoms with Crippen molar-refractivity contribution in [2.75, 3.05) is 5.73 Å². The lowest BCUT2D eigenvalue weighted by Gasteiger charge is -2.01. The highest BCUT2D eigenvalue weighted by Crippen LogP contribution is 2.20. The predicted octanol–water partition coefficient (Wildman–Crippen LogP) is 1.98. The van der Waals surface area contributed by atoms with E-state index in [2.05, 4.69) is 15.5 Å². The zero-order valence-corrected chi connectivity index (χ0v) is 10.9. The molecule has 2 aromatic heterocycles. The van der Waals surface area contributed by atoms with Crippen molar-refractivity contribution in [2.24, 2.45) is 0 Å². The number of aryl methyl sites for hydroxylation is 1. The van der Waals surface area contributed by atoms with Gasteiger partial charge in [-0.25, -0.2) is 0 Å². The average Bonchev–Trinajstić information content (AvgIpc) is 3.01. The van der Waals surface area contributed by atoms with Crippen LogP contribution in [0.25, 0.3) is 10.9 Å². The molecule has 0 saturated carbocycles. The highest BCUT2D eigenvalue weighted by Gasteiger charge is 2.12. The zero-order chi connectivity index (χ0) is 14.1. The van der Waals surface area contributed by atoms with E-state index in [1.54, 1.807) is 24.4 Å². The number of nitrogens with zero attached hydrogens (tertiary/aromatic N) is 1. The van der Waals surface area contributed by atoms with Crippen molar-refractivity contribution >= 4 is 22.5 Å². The summed E-state index contributed by atoms with van der Waals surface area (Å²) < 4.78 is 4.95. The second-order valence-electron chi connectivity index (χ2n) is 4.62. The number of aromatic amines is 1. The van der Waals surface area contributed by atoms with E-state index >= 15 is 0 Å². The van der Waals surface area contributed by atoms with E-state index in [-0.39, 0.29) is 5.91 Å². The van der Waals surface area contributed by atoms with Crippen molar-refractivity contribution in [3.05, 3.63) is 47.5 Å². The number of hydrogen-bond donors (Lipinski definition) is 3. The van der Waals surface area contributed by atoms with Crippen LogP contribution < -0.4 is 11.1 Å². The summed E-state index contributed by atoms with van der Waals surface area (Å²) in [6.45, 7) is 2.14. The molecule has 102 valence electrons. The van der Waals surface area contributed by atoms with Crippen molar-refractivity contribution in [1.29, 1.82) is 0 Å². The molecule has 0 aliphatic carbocycles. The van der Waals surface area contributed by atoms with Crippen LogP contribution in [-0.4, -0.2) is 16.0 Å². The number of amides is 1. The molecule has 1 aromatic carbocycles. The fraction of sp³-hybridized carbons (Fsp3) is 0.143. The Kier molecular flexibility index (Phi) is 2.90. The van der Waals surface area contributed by atoms with E-state index < -0.39 is 0 Å². The number of nitrogens with two attached hydrogens (primary N) is 1. The van der Waals surface area contributed by atoms with Crippen molar-refractivity contribution < 1.29 is 9.32 Å². The molecule has 0 unspecified atom stereocenters. The Morgan fingerprint density at radius 1 is 1.45 bits per heavy atom. The van der Waals surface area contributed by atoms with E-state index in [1.165, 1.54) is 0 Å². The highest BCUT2D eigenvalue weighted by molar-refractivity contribution is 6.07. The topological polar surface area (TPSA) is 96.9 Å². The first-order chi connectivity index (χ1) is 9.63. The number of H-pyrrole nitrogens is 1. The normalized spacial score (nSPS) is 10.8. The van der Waals surface area contributed by atoms with Crippen LogP contribution in [0, 0.1) is 6.92 Å². The van der Waals surface area contributed by atoms with Crippen molar-refractivity contribution in [1.82, 2.24) is 15.5 Å². The van der Waals surface area contributed by atoms with Crippen LogP contribution in [0.4, 0.5) is 5.69 Å². The first kappa shape index (κ1) is 12.3. The molecule has 1 amide bonds. The minimum absolute atomic E-state index is 0.165. The van der Waals surface area contributed by atoms with E-state index in [4.69, 9.17) is 10.3 Å². The van der Waals surface area contributed by atoms with Gasteiger partial charge in [-0.3, -0.25) is 4.79 Å². The molecule has 0 atom stereocenters. The summed E-state index contributed by atoms with van der Waals surface area (Å²) in [6, 6.07) is 7.19. The van der Waals surface area contributed by atoms with Gasteiger partial charge >= 0.3 is 0 Å². The summed E-state index contributed by atoms with van der Waals surface area (Å²) in [5, 5.41) is 7.48. The Bertz CT molecular complexity index is 772. The second-order valence-corrected chi connectivity index (χ2v) is 4.62. The van der Waals surface area contributed by atoms with Gasteiger partial charge in [-0.2, -0.15) is 0 Å². The van der Waals surface area contributed by atoms with Gasteiger partial charge in [-0.05, 0) is 25.1 Å². The van der Waals surface area contributed by atoms with Gasteiger partial charge in [0.05, 0.1) is 12.1 Å². The summed E-state index contributed by atoms with van der Waals surface area (Å²) in [6.07, 6.45) is 1.67. The third-order valence-corrected chi connectivity index (χ3v) is 3.06. The monoisotopic (exact) mass is 270 g/mol. The van der Waals surface area contributed by atoms with Crippen LogP contribution in [0.1, 0.15) is 21.8 Å². The van der Waals surface area contributed by atoms with Crippen LogP contribution in [0.2, 0.25) is 0 Å². The van der Waals surface area contributed by atoms with Crippen molar-refractivity contribution in [3.63, 3.8) is 0 Å². The third-order valence-electron chi connectivity index (χ3n) is 3.06. The number of nitrogen functional groups attached to an aromatic ring is 1. The molecule has 0 saturated heterocycles. The number of nitrogens with one attached hydrogen (secondary N) is 2. The summed E-state index contributed by atoms with van der Waals surface area (Å²) in [5.74, 6) is 0.554. The minimum Gasteiger partial charge on any atom is -0.399 e. The highest BCUT2D eigenvalue weighted by atomic mass is 16.5. The van der Waals surface area contributed by atoms with Crippen LogP contribution >= 0.6 is 0 Å². The molecule has 0 fully saturated rings. The van der Waals surface area contributed by atoms with Crippen LogP contribution in [0.5, 0.6) is 0 Å². The first-order valence-electron chi connectivity index (χ1n) is 6.20. The van der Waals surface area contributed by atoms with Gasteiger partial charge in [0.1, 0.15) is 11.5 Å². The van der Waals surface area contributed by atoms with Crippen LogP contribution in [-0.2, 0) is 6.54 Å². The lowest BCUT2D eigenvalue weighted by Crippen LogP contribution is -2.22. The molecule has 0 aliphatic rings. The van der Waals surface area contributed by atoms with E-state index in [0.717, 1.165) is 16.7 Å². The number of rotatable bonds is 3. The molecule has 0 bridgehead atoms. The molecule has 20 heavy (non-hydrogen) atoms. The van der Waals surface area contributed by atoms with Gasteiger partial charge in [0.2, 0.25) is 0 Å². The van der Waals surface area contributed by atoms with Gasteiger partial charge in [0, 0.05) is 28.9 Å². The van der Waals surface area contributed by atoms with E-state index in [0.29, 0.717) is 23.5 Å². The fourth-order valence-corrected chi connectivity index (χ4v) is 2.10. The molecule has 0 spiro atoms. The number of aromatic nitrogens is 2. The molecule has 0 radical (unpaired) electrons. The maximum absolute atomic E-state index is 12.2. The zero-order valence-electron chi connectivity index (χ0n) is 10.9. The maximum Gasteiger partial charge on any atom is 0.253 e. The average molecular weight is 270 g/mol. The quantitative estimate of drug-likeness (QED) is 0.634. The number of fused-ring (bicyclic) bond motifs is 1. The Morgan fingerprint density at radius 3 is 3.05 bits per heavy atom. The molecule has 3 aromatic rings. The van der Waals surface area contributed by atoms with E-state index in [1.807, 2.05) is 13.0 Å². The molecular weight excluding hydrogens is 256 g/mol. The minimum atomic E-state index is -0.165. The number of carbonyl (C=O) groups excluding carboxylic acids is 1. The van der Waals surface area contributed by atoms with Gasteiger partial charge in [-0.1, -0.05) is 5.16 Å². The number of carbonyl (C=O) groups is 1. The van der Waals surface area contributed by atoms with Crippen molar-refractivity contribution in [2.45, 2.75) is 13.5 Å². The third kappa shape index (κ3) is 2.23. The Labute approximate surface area is 114 Å². The van der Waals surface area contributed by atoms with Gasteiger partial charge < -0.3 is 20.6 Å². The Balaban J connectivity index is 1.78. The largest absolute Gasteiger partial charge is 0.399 e. The predicted molar refractivity (Wildman–Crippen MR) is 75.1 cm³/mol. The van der Waals surface area contributed by atoms with Crippen molar-refractivity contribution in [3.8, 4) is 0 Å².